The molecule has 2 aromatic heterocycles. The van der Waals surface area contributed by atoms with E-state index in [9.17, 15) is 9.59 Å². The van der Waals surface area contributed by atoms with Gasteiger partial charge in [0.05, 0.1) is 6.42 Å². The number of H-pyrrole nitrogens is 1. The number of fused-ring (bicyclic) bond motifs is 3. The van der Waals surface area contributed by atoms with Crippen molar-refractivity contribution in [1.29, 1.82) is 0 Å². The Morgan fingerprint density at radius 2 is 2.00 bits per heavy atom. The molecule has 1 unspecified atom stereocenters. The Labute approximate surface area is 151 Å². The van der Waals surface area contributed by atoms with Crippen LogP contribution >= 0.6 is 0 Å². The van der Waals surface area contributed by atoms with Crippen molar-refractivity contribution < 1.29 is 14.7 Å². The molecule has 3 rings (SSSR count). The Morgan fingerprint density at radius 1 is 1.19 bits per heavy atom. The van der Waals surface area contributed by atoms with Gasteiger partial charge < -0.3 is 15.8 Å². The highest BCUT2D eigenvalue weighted by atomic mass is 16.4. The highest BCUT2D eigenvalue weighted by Crippen LogP contribution is 2.26. The first-order chi connectivity index (χ1) is 12.5. The number of aromatic nitrogens is 2. The number of benzene rings is 1. The maximum Gasteiger partial charge on any atom is 0.303 e. The average molecular weight is 353 g/mol. The number of pyridine rings is 1. The standard InChI is InChI=1S/C20H23N3O3/c1-2-13(21)4-5-14-6-7-15-16-11-12(18(24)9-10-19(25)26)3-8-17(16)23-20(15)22-14/h3,6-8,11,13H,2,4-5,9-10,21H2,1H3,(H,22,23)(H,25,26). The zero-order chi connectivity index (χ0) is 18.7. The number of aliphatic carboxylic acids is 1. The number of carboxylic acid groups (broad SMARTS) is 1. The second-order valence-electron chi connectivity index (χ2n) is 6.61. The Morgan fingerprint density at radius 3 is 2.73 bits per heavy atom. The van der Waals surface area contributed by atoms with Crippen LogP contribution in [-0.4, -0.2) is 32.9 Å². The van der Waals surface area contributed by atoms with Gasteiger partial charge in [0, 0.05) is 40.0 Å². The number of nitrogens with two attached hydrogens (primary N) is 1. The van der Waals surface area contributed by atoms with Crippen molar-refractivity contribution in [2.45, 2.75) is 45.1 Å². The SMILES string of the molecule is CCC(N)CCc1ccc2c(n1)[nH]c1ccc(C(=O)CCC(=O)O)cc12. The normalized spacial score (nSPS) is 12.5. The van der Waals surface area contributed by atoms with Crippen molar-refractivity contribution in [1.82, 2.24) is 9.97 Å². The van der Waals surface area contributed by atoms with E-state index in [0.717, 1.165) is 46.9 Å². The van der Waals surface area contributed by atoms with Gasteiger partial charge in [-0.1, -0.05) is 6.92 Å². The van der Waals surface area contributed by atoms with Gasteiger partial charge in [-0.15, -0.1) is 0 Å². The molecule has 6 nitrogen and oxygen atoms in total. The van der Waals surface area contributed by atoms with E-state index in [1.54, 1.807) is 6.07 Å². The molecular weight excluding hydrogens is 330 g/mol. The molecule has 0 aliphatic carbocycles. The van der Waals surface area contributed by atoms with Gasteiger partial charge in [-0.3, -0.25) is 9.59 Å². The molecule has 26 heavy (non-hydrogen) atoms. The summed E-state index contributed by atoms with van der Waals surface area (Å²) in [6.07, 6.45) is 2.53. The topological polar surface area (TPSA) is 109 Å². The second-order valence-corrected chi connectivity index (χ2v) is 6.61. The fourth-order valence-corrected chi connectivity index (χ4v) is 3.03. The second kappa shape index (κ2) is 7.66. The van der Waals surface area contributed by atoms with Crippen LogP contribution in [-0.2, 0) is 11.2 Å². The molecule has 3 aromatic rings. The van der Waals surface area contributed by atoms with Crippen LogP contribution in [0.5, 0.6) is 0 Å². The fourth-order valence-electron chi connectivity index (χ4n) is 3.03. The molecule has 4 N–H and O–H groups in total. The van der Waals surface area contributed by atoms with E-state index in [1.807, 2.05) is 24.3 Å². The van der Waals surface area contributed by atoms with Gasteiger partial charge in [-0.25, -0.2) is 4.98 Å². The number of carbonyl (C=O) groups excluding carboxylic acids is 1. The Hall–Kier alpha value is -2.73. The summed E-state index contributed by atoms with van der Waals surface area (Å²) in [5, 5.41) is 10.6. The molecule has 0 amide bonds. The largest absolute Gasteiger partial charge is 0.481 e. The Balaban J connectivity index is 1.88. The summed E-state index contributed by atoms with van der Waals surface area (Å²) in [7, 11) is 0. The lowest BCUT2D eigenvalue weighted by Crippen LogP contribution is -2.19. The van der Waals surface area contributed by atoms with Crippen LogP contribution in [0, 0.1) is 0 Å². The molecule has 0 spiro atoms. The lowest BCUT2D eigenvalue weighted by molar-refractivity contribution is -0.136. The van der Waals surface area contributed by atoms with Crippen LogP contribution in [0.4, 0.5) is 0 Å². The lowest BCUT2D eigenvalue weighted by Gasteiger charge is -2.07. The fraction of sp³-hybridized carbons (Fsp3) is 0.350. The van der Waals surface area contributed by atoms with Crippen molar-refractivity contribution in [3.05, 3.63) is 41.6 Å². The minimum atomic E-state index is -0.967. The summed E-state index contributed by atoms with van der Waals surface area (Å²) in [6, 6.07) is 9.58. The predicted molar refractivity (Wildman–Crippen MR) is 101 cm³/mol. The third-order valence-electron chi connectivity index (χ3n) is 4.70. The number of aryl methyl sites for hydroxylation is 1. The van der Waals surface area contributed by atoms with Gasteiger partial charge >= 0.3 is 5.97 Å². The molecule has 0 saturated carbocycles. The minimum Gasteiger partial charge on any atom is -0.481 e. The van der Waals surface area contributed by atoms with Gasteiger partial charge in [0.2, 0.25) is 0 Å². The molecule has 0 radical (unpaired) electrons. The van der Waals surface area contributed by atoms with Crippen LogP contribution in [0.25, 0.3) is 21.9 Å². The number of hydrogen-bond donors (Lipinski definition) is 3. The van der Waals surface area contributed by atoms with Crippen molar-refractivity contribution in [3.63, 3.8) is 0 Å². The summed E-state index contributed by atoms with van der Waals surface area (Å²) in [6.45, 7) is 2.08. The zero-order valence-corrected chi connectivity index (χ0v) is 14.8. The molecule has 0 fully saturated rings. The van der Waals surface area contributed by atoms with E-state index in [-0.39, 0.29) is 24.7 Å². The number of carbonyl (C=O) groups is 2. The Kier molecular flexibility index (Phi) is 5.32. The molecule has 136 valence electrons. The maximum absolute atomic E-state index is 12.2. The summed E-state index contributed by atoms with van der Waals surface area (Å²) in [4.78, 5) is 30.8. The van der Waals surface area contributed by atoms with E-state index in [1.165, 1.54) is 0 Å². The van der Waals surface area contributed by atoms with E-state index >= 15 is 0 Å². The molecule has 1 aromatic carbocycles. The van der Waals surface area contributed by atoms with Gasteiger partial charge in [0.25, 0.3) is 0 Å². The maximum atomic E-state index is 12.2. The van der Waals surface area contributed by atoms with Crippen molar-refractivity contribution >= 4 is 33.7 Å². The van der Waals surface area contributed by atoms with Gasteiger partial charge in [0.1, 0.15) is 5.65 Å². The highest BCUT2D eigenvalue weighted by Gasteiger charge is 2.12. The number of aromatic amines is 1. The smallest absolute Gasteiger partial charge is 0.303 e. The summed E-state index contributed by atoms with van der Waals surface area (Å²) in [5.74, 6) is -1.13. The van der Waals surface area contributed by atoms with Crippen LogP contribution in [0.3, 0.4) is 0 Å². The van der Waals surface area contributed by atoms with E-state index in [2.05, 4.69) is 16.9 Å². The Bertz CT molecular complexity index is 961. The highest BCUT2D eigenvalue weighted by molar-refractivity contribution is 6.09. The molecule has 2 heterocycles. The predicted octanol–water partition coefficient (Wildman–Crippen LogP) is 3.43. The van der Waals surface area contributed by atoms with Crippen molar-refractivity contribution in [2.75, 3.05) is 0 Å². The van der Waals surface area contributed by atoms with E-state index < -0.39 is 5.97 Å². The van der Waals surface area contributed by atoms with E-state index in [4.69, 9.17) is 10.8 Å². The van der Waals surface area contributed by atoms with Gasteiger partial charge in [-0.05, 0) is 49.6 Å². The first kappa shape index (κ1) is 18.1. The molecular formula is C20H23N3O3. The number of Topliss-reactive ketones (excluding diaryl/α,β-unsaturated/α-hetero) is 1. The number of ketones is 1. The van der Waals surface area contributed by atoms with Crippen LogP contribution in [0.15, 0.2) is 30.3 Å². The summed E-state index contributed by atoms with van der Waals surface area (Å²) < 4.78 is 0. The third-order valence-corrected chi connectivity index (χ3v) is 4.70. The van der Waals surface area contributed by atoms with Crippen LogP contribution < -0.4 is 5.73 Å². The van der Waals surface area contributed by atoms with Gasteiger partial charge in [0.15, 0.2) is 5.78 Å². The van der Waals surface area contributed by atoms with E-state index in [0.29, 0.717) is 5.56 Å². The lowest BCUT2D eigenvalue weighted by atomic mass is 10.0. The summed E-state index contributed by atoms with van der Waals surface area (Å²) in [5.41, 5.74) is 9.19. The number of hydrogen-bond acceptors (Lipinski definition) is 4. The number of rotatable bonds is 8. The molecule has 0 bridgehead atoms. The average Bonchev–Trinajstić information content (AvgIpc) is 3.00. The molecule has 6 heteroatoms. The molecule has 0 aliphatic heterocycles. The minimum absolute atomic E-state index is 0.00325. The molecule has 0 saturated heterocycles. The quantitative estimate of drug-likeness (QED) is 0.538. The third kappa shape index (κ3) is 3.91. The first-order valence-electron chi connectivity index (χ1n) is 8.90. The first-order valence-corrected chi connectivity index (χ1v) is 8.90. The van der Waals surface area contributed by atoms with Crippen molar-refractivity contribution in [2.24, 2.45) is 5.73 Å². The number of nitrogens with zero attached hydrogens (tertiary/aromatic N) is 1. The number of carboxylic acids is 1. The molecule has 0 aliphatic rings. The van der Waals surface area contributed by atoms with Crippen molar-refractivity contribution in [3.8, 4) is 0 Å². The van der Waals surface area contributed by atoms with Gasteiger partial charge in [-0.2, -0.15) is 0 Å². The molecule has 1 atom stereocenters. The zero-order valence-electron chi connectivity index (χ0n) is 14.8. The van der Waals surface area contributed by atoms with Crippen LogP contribution in [0.1, 0.15) is 48.7 Å². The van der Waals surface area contributed by atoms with Crippen LogP contribution in [0.2, 0.25) is 0 Å². The monoisotopic (exact) mass is 353 g/mol. The summed E-state index contributed by atoms with van der Waals surface area (Å²) >= 11 is 0. The number of nitrogens with one attached hydrogen (secondary N) is 1.